The first-order valence-corrected chi connectivity index (χ1v) is 13.6. The maximum Gasteiger partial charge on any atom is 0.251 e. The van der Waals surface area contributed by atoms with Gasteiger partial charge in [-0.1, -0.05) is 68.7 Å². The number of allylic oxidation sites excluding steroid dienone is 9. The summed E-state index contributed by atoms with van der Waals surface area (Å²) < 4.78 is 5.39. The average Bonchev–Trinajstić information content (AvgIpc) is 3.66. The number of aliphatic hydroxyl groups excluding tert-OH is 1. The maximum absolute atomic E-state index is 12.8. The molecule has 1 fully saturated rings. The fourth-order valence-electron chi connectivity index (χ4n) is 4.61. The molecule has 1 heterocycles. The maximum atomic E-state index is 12.8. The number of ether oxygens (including phenoxy) is 1. The summed E-state index contributed by atoms with van der Waals surface area (Å²) in [5.41, 5.74) is -0.310. The number of carbonyl (C=O) groups is 4. The van der Waals surface area contributed by atoms with Crippen LogP contribution in [0.2, 0.25) is 0 Å². The van der Waals surface area contributed by atoms with E-state index >= 15 is 0 Å². The van der Waals surface area contributed by atoms with Crippen molar-refractivity contribution in [3.63, 3.8) is 0 Å². The Morgan fingerprint density at radius 3 is 2.55 bits per heavy atom. The Morgan fingerprint density at radius 1 is 1.15 bits per heavy atom. The number of epoxide rings is 1. The molecule has 9 heteroatoms. The summed E-state index contributed by atoms with van der Waals surface area (Å²) in [6.07, 6.45) is 16.0. The normalized spacial score (nSPS) is 26.1. The first kappa shape index (κ1) is 30.7. The predicted molar refractivity (Wildman–Crippen MR) is 151 cm³/mol. The topological polar surface area (TPSA) is 145 Å². The van der Waals surface area contributed by atoms with Crippen LogP contribution in [0.4, 0.5) is 0 Å². The van der Waals surface area contributed by atoms with Crippen molar-refractivity contribution in [1.29, 1.82) is 0 Å². The van der Waals surface area contributed by atoms with E-state index in [9.17, 15) is 29.4 Å². The van der Waals surface area contributed by atoms with Crippen molar-refractivity contribution >= 4 is 23.4 Å². The molecule has 0 saturated carbocycles. The number of rotatable bonds is 12. The summed E-state index contributed by atoms with van der Waals surface area (Å²) in [6.45, 7) is 7.90. The predicted octanol–water partition coefficient (Wildman–Crippen LogP) is 3.70. The van der Waals surface area contributed by atoms with Crippen molar-refractivity contribution in [3.8, 4) is 0 Å². The lowest BCUT2D eigenvalue weighted by Crippen LogP contribution is -2.42. The third-order valence-electron chi connectivity index (χ3n) is 6.81. The van der Waals surface area contributed by atoms with E-state index in [0.717, 1.165) is 24.8 Å². The van der Waals surface area contributed by atoms with Crippen LogP contribution >= 0.6 is 0 Å². The van der Waals surface area contributed by atoms with Gasteiger partial charge in [-0.3, -0.25) is 19.2 Å². The summed E-state index contributed by atoms with van der Waals surface area (Å²) in [4.78, 5) is 49.0. The fraction of sp³-hybridized carbons (Fsp3) is 0.419. The van der Waals surface area contributed by atoms with E-state index in [1.165, 1.54) is 36.5 Å². The summed E-state index contributed by atoms with van der Waals surface area (Å²) in [5, 5.41) is 25.7. The molecule has 40 heavy (non-hydrogen) atoms. The Kier molecular flexibility index (Phi) is 10.4. The number of Topliss-reactive ketones (excluding diaryl/α,β-unsaturated/α-hetero) is 2. The number of unbranched alkanes of at least 4 members (excludes halogenated alkanes) is 1. The van der Waals surface area contributed by atoms with Gasteiger partial charge >= 0.3 is 0 Å². The zero-order chi connectivity index (χ0) is 29.4. The van der Waals surface area contributed by atoms with E-state index < -0.39 is 35.4 Å². The van der Waals surface area contributed by atoms with E-state index in [2.05, 4.69) is 30.6 Å². The van der Waals surface area contributed by atoms with Crippen molar-refractivity contribution < 1.29 is 34.1 Å². The highest BCUT2D eigenvalue weighted by Gasteiger charge is 2.59. The van der Waals surface area contributed by atoms with Crippen LogP contribution in [-0.4, -0.2) is 51.4 Å². The minimum atomic E-state index is -1.61. The zero-order valence-corrected chi connectivity index (χ0v) is 23.4. The van der Waals surface area contributed by atoms with Crippen molar-refractivity contribution in [3.05, 3.63) is 83.0 Å². The monoisotopic (exact) mass is 550 g/mol. The lowest BCUT2D eigenvalue weighted by atomic mass is 9.88. The summed E-state index contributed by atoms with van der Waals surface area (Å²) in [7, 11) is 0. The Balaban J connectivity index is 1.60. The van der Waals surface area contributed by atoms with E-state index in [1.807, 2.05) is 6.92 Å². The van der Waals surface area contributed by atoms with E-state index in [-0.39, 0.29) is 35.8 Å². The molecule has 214 valence electrons. The van der Waals surface area contributed by atoms with Crippen molar-refractivity contribution in [2.24, 2.45) is 5.92 Å². The third kappa shape index (κ3) is 8.09. The number of carbonyl (C=O) groups excluding carboxylic acids is 4. The molecule has 2 amide bonds. The van der Waals surface area contributed by atoms with E-state index in [1.54, 1.807) is 19.1 Å². The molecule has 0 bridgehead atoms. The number of aliphatic hydroxyl groups is 2. The Bertz CT molecular complexity index is 1260. The van der Waals surface area contributed by atoms with Crippen molar-refractivity contribution in [1.82, 2.24) is 10.6 Å². The van der Waals surface area contributed by atoms with Crippen LogP contribution in [0.5, 0.6) is 0 Å². The van der Waals surface area contributed by atoms with Crippen molar-refractivity contribution in [2.45, 2.75) is 77.6 Å². The molecule has 0 aromatic heterocycles. The molecule has 2 aliphatic carbocycles. The van der Waals surface area contributed by atoms with E-state index in [0.29, 0.717) is 11.5 Å². The largest absolute Gasteiger partial charge is 0.510 e. The molecular weight excluding hydrogens is 512 g/mol. The lowest BCUT2D eigenvalue weighted by molar-refractivity contribution is -0.121. The SMILES string of the molecule is CCCC[C@@H](C)/C=C(C)/C=C(\C)C(=O)NC1=C[C@](O)(/C=C/C=C/C=C/C(=O)NC2=C(O)CCC2=O)C2OC2C1=O. The molecular formula is C31H38N2O7. The molecule has 0 aromatic carbocycles. The van der Waals surface area contributed by atoms with Gasteiger partial charge in [-0.25, -0.2) is 0 Å². The van der Waals surface area contributed by atoms with Crippen LogP contribution in [0.15, 0.2) is 83.0 Å². The number of nitrogens with one attached hydrogen (secondary N) is 2. The molecule has 0 radical (unpaired) electrons. The minimum Gasteiger partial charge on any atom is -0.510 e. The molecule has 2 unspecified atom stereocenters. The number of amides is 2. The first-order valence-electron chi connectivity index (χ1n) is 13.6. The minimum absolute atomic E-state index is 0.0267. The number of hydrogen-bond acceptors (Lipinski definition) is 7. The standard InChI is InChI=1S/C31H38N2O7/c1-5-6-11-19(2)16-20(3)17-21(4)30(38)32-22-18-31(39,29-28(40-29)27(22)37)15-10-8-7-9-12-25(36)33-26-23(34)13-14-24(26)35/h7-10,12,15-19,28-29,34,39H,5-6,11,13-14H2,1-4H3,(H,32,38)(H,33,36)/b8-7+,12-9+,15-10+,20-16+,21-17+/t19-,28?,29?,31-/m1/s1. The van der Waals surface area contributed by atoms with Gasteiger partial charge in [0.05, 0.1) is 5.70 Å². The van der Waals surface area contributed by atoms with Gasteiger partial charge in [0.25, 0.3) is 5.91 Å². The summed E-state index contributed by atoms with van der Waals surface area (Å²) in [6, 6.07) is 0. The highest BCUT2D eigenvalue weighted by Crippen LogP contribution is 2.40. The quantitative estimate of drug-likeness (QED) is 0.165. The Morgan fingerprint density at radius 2 is 1.88 bits per heavy atom. The van der Waals surface area contributed by atoms with E-state index in [4.69, 9.17) is 4.74 Å². The molecule has 0 aromatic rings. The average molecular weight is 551 g/mol. The molecule has 9 nitrogen and oxygen atoms in total. The van der Waals surface area contributed by atoms with Crippen molar-refractivity contribution in [2.75, 3.05) is 0 Å². The fourth-order valence-corrected chi connectivity index (χ4v) is 4.61. The van der Waals surface area contributed by atoms with Crippen LogP contribution in [-0.2, 0) is 23.9 Å². The van der Waals surface area contributed by atoms with Crippen LogP contribution in [0.3, 0.4) is 0 Å². The molecule has 4 atom stereocenters. The highest BCUT2D eigenvalue weighted by molar-refractivity contribution is 6.07. The van der Waals surface area contributed by atoms with Crippen LogP contribution in [0.25, 0.3) is 0 Å². The van der Waals surface area contributed by atoms with Gasteiger partial charge in [0, 0.05) is 24.5 Å². The first-order chi connectivity index (χ1) is 18.9. The van der Waals surface area contributed by atoms with Gasteiger partial charge in [0.1, 0.15) is 23.2 Å². The smallest absolute Gasteiger partial charge is 0.251 e. The van der Waals surface area contributed by atoms with Gasteiger partial charge in [0.15, 0.2) is 11.9 Å². The number of ketones is 2. The number of hydrogen-bond donors (Lipinski definition) is 4. The molecule has 1 saturated heterocycles. The van der Waals surface area contributed by atoms with Gasteiger partial charge in [-0.15, -0.1) is 0 Å². The number of fused-ring (bicyclic) bond motifs is 1. The van der Waals surface area contributed by atoms with Crippen LogP contribution in [0, 0.1) is 5.92 Å². The van der Waals surface area contributed by atoms with Crippen LogP contribution < -0.4 is 10.6 Å². The van der Waals surface area contributed by atoms with Crippen LogP contribution in [0.1, 0.15) is 59.8 Å². The molecule has 3 aliphatic rings. The van der Waals surface area contributed by atoms with Gasteiger partial charge < -0.3 is 25.6 Å². The second-order valence-corrected chi connectivity index (χ2v) is 10.4. The van der Waals surface area contributed by atoms with Gasteiger partial charge in [-0.2, -0.15) is 0 Å². The highest BCUT2D eigenvalue weighted by atomic mass is 16.6. The Hall–Kier alpha value is -3.82. The second-order valence-electron chi connectivity index (χ2n) is 10.4. The summed E-state index contributed by atoms with van der Waals surface area (Å²) >= 11 is 0. The second kappa shape index (κ2) is 13.5. The van der Waals surface area contributed by atoms with Gasteiger partial charge in [-0.05, 0) is 38.3 Å². The summed E-state index contributed by atoms with van der Waals surface area (Å²) in [5.74, 6) is -1.43. The zero-order valence-electron chi connectivity index (χ0n) is 23.4. The molecule has 0 spiro atoms. The third-order valence-corrected chi connectivity index (χ3v) is 6.81. The van der Waals surface area contributed by atoms with Gasteiger partial charge in [0.2, 0.25) is 11.7 Å². The molecule has 4 N–H and O–H groups in total. The lowest BCUT2D eigenvalue weighted by Gasteiger charge is -2.23. The molecule has 3 rings (SSSR count). The Labute approximate surface area is 234 Å². The molecule has 1 aliphatic heterocycles.